The van der Waals surface area contributed by atoms with E-state index in [-0.39, 0.29) is 17.9 Å². The first kappa shape index (κ1) is 19.2. The number of H-pyrrole nitrogens is 1. The van der Waals surface area contributed by atoms with Gasteiger partial charge in [-0.25, -0.2) is 10.5 Å². The van der Waals surface area contributed by atoms with E-state index in [9.17, 15) is 10.0 Å². The van der Waals surface area contributed by atoms with Crippen molar-refractivity contribution in [3.05, 3.63) is 42.4 Å². The summed E-state index contributed by atoms with van der Waals surface area (Å²) in [5.74, 6) is 1.45. The molecule has 150 valence electrons. The normalized spacial score (nSPS) is 21.3. The van der Waals surface area contributed by atoms with Crippen LogP contribution in [0.2, 0.25) is 0 Å². The summed E-state index contributed by atoms with van der Waals surface area (Å²) in [6.07, 6.45) is 9.57. The molecular weight excluding hydrogens is 352 g/mol. The van der Waals surface area contributed by atoms with Gasteiger partial charge in [0.2, 0.25) is 5.91 Å². The number of aromatic nitrogens is 2. The number of benzene rings is 1. The van der Waals surface area contributed by atoms with Crippen molar-refractivity contribution in [2.75, 3.05) is 13.1 Å². The molecule has 6 heteroatoms. The van der Waals surface area contributed by atoms with Crippen LogP contribution in [-0.2, 0) is 4.79 Å². The number of carbonyl (C=O) groups is 1. The minimum Gasteiger partial charge on any atom is -0.340 e. The van der Waals surface area contributed by atoms with E-state index in [4.69, 9.17) is 0 Å². The van der Waals surface area contributed by atoms with Crippen LogP contribution in [0.3, 0.4) is 0 Å². The Kier molecular flexibility index (Phi) is 6.07. The van der Waals surface area contributed by atoms with Gasteiger partial charge in [0.25, 0.3) is 0 Å². The molecule has 3 N–H and O–H groups in total. The highest BCUT2D eigenvalue weighted by Crippen LogP contribution is 2.35. The highest BCUT2D eigenvalue weighted by Gasteiger charge is 2.36. The van der Waals surface area contributed by atoms with Crippen molar-refractivity contribution in [3.63, 3.8) is 0 Å². The molecule has 0 unspecified atom stereocenters. The Labute approximate surface area is 166 Å². The molecule has 1 aromatic heterocycles. The van der Waals surface area contributed by atoms with Crippen LogP contribution < -0.4 is 5.48 Å². The van der Waals surface area contributed by atoms with Crippen molar-refractivity contribution in [1.29, 1.82) is 0 Å². The molecular formula is C22H30N4O2. The number of hydrogen-bond acceptors (Lipinski definition) is 4. The third-order valence-corrected chi connectivity index (χ3v) is 6.31. The van der Waals surface area contributed by atoms with Gasteiger partial charge in [-0.3, -0.25) is 4.79 Å². The summed E-state index contributed by atoms with van der Waals surface area (Å²) in [5.41, 5.74) is 4.33. The lowest BCUT2D eigenvalue weighted by molar-refractivity contribution is -0.137. The first-order valence-electron chi connectivity index (χ1n) is 10.5. The number of carbonyl (C=O) groups excluding carboxylic acids is 1. The van der Waals surface area contributed by atoms with Crippen molar-refractivity contribution in [1.82, 2.24) is 20.3 Å². The number of rotatable bonds is 7. The fraction of sp³-hybridized carbons (Fsp3) is 0.545. The lowest BCUT2D eigenvalue weighted by Crippen LogP contribution is -2.40. The fourth-order valence-electron chi connectivity index (χ4n) is 4.85. The molecule has 6 nitrogen and oxygen atoms in total. The van der Waals surface area contributed by atoms with Crippen LogP contribution in [0, 0.1) is 11.8 Å². The Morgan fingerprint density at radius 1 is 1.21 bits per heavy atom. The highest BCUT2D eigenvalue weighted by atomic mass is 16.5. The molecule has 1 amide bonds. The summed E-state index contributed by atoms with van der Waals surface area (Å²) < 4.78 is 0. The Bertz CT molecular complexity index is 770. The molecule has 4 rings (SSSR count). The third kappa shape index (κ3) is 4.13. The van der Waals surface area contributed by atoms with Crippen LogP contribution in [0.1, 0.15) is 56.8 Å². The number of hydrogen-bond donors (Lipinski definition) is 3. The molecule has 1 saturated carbocycles. The van der Waals surface area contributed by atoms with Crippen molar-refractivity contribution >= 4 is 5.91 Å². The molecule has 2 atom stereocenters. The molecule has 2 aliphatic rings. The first-order valence-corrected chi connectivity index (χ1v) is 10.5. The molecule has 2 heterocycles. The van der Waals surface area contributed by atoms with Gasteiger partial charge < -0.3 is 15.1 Å². The number of nitrogens with one attached hydrogen (secondary N) is 2. The topological polar surface area (TPSA) is 81.2 Å². The second-order valence-electron chi connectivity index (χ2n) is 8.18. The highest BCUT2D eigenvalue weighted by molar-refractivity contribution is 5.80. The maximum absolute atomic E-state index is 13.3. The maximum atomic E-state index is 13.3. The molecule has 0 spiro atoms. The zero-order chi connectivity index (χ0) is 19.3. The SMILES string of the molecule is O=C([C@@H](CNO)CC1CCCC1)N1CCC[C@H]1c1ncc(-c2ccccc2)[nH]1. The molecule has 1 aromatic carbocycles. The van der Waals surface area contributed by atoms with Crippen LogP contribution in [0.25, 0.3) is 11.3 Å². The lowest BCUT2D eigenvalue weighted by atomic mass is 9.92. The number of hydroxylamine groups is 1. The van der Waals surface area contributed by atoms with E-state index < -0.39 is 0 Å². The largest absolute Gasteiger partial charge is 0.340 e. The summed E-state index contributed by atoms with van der Waals surface area (Å²) in [4.78, 5) is 23.3. The van der Waals surface area contributed by atoms with E-state index in [0.29, 0.717) is 12.5 Å². The Morgan fingerprint density at radius 3 is 2.75 bits per heavy atom. The standard InChI is InChI=1S/C22H30N4O2/c27-22(18(14-24-28)13-16-7-4-5-8-16)26-12-6-11-20(26)21-23-15-19(25-21)17-9-2-1-3-10-17/h1-3,9-10,15-16,18,20,24,28H,4-8,11-14H2,(H,23,25)/t18-,20+/m1/s1. The predicted octanol–water partition coefficient (Wildman–Crippen LogP) is 3.92. The summed E-state index contributed by atoms with van der Waals surface area (Å²) in [5, 5.41) is 9.28. The fourth-order valence-corrected chi connectivity index (χ4v) is 4.85. The summed E-state index contributed by atoms with van der Waals surface area (Å²) in [6.45, 7) is 1.09. The van der Waals surface area contributed by atoms with Crippen LogP contribution in [0.4, 0.5) is 0 Å². The van der Waals surface area contributed by atoms with Crippen LogP contribution in [-0.4, -0.2) is 39.1 Å². The van der Waals surface area contributed by atoms with Gasteiger partial charge in [0.05, 0.1) is 23.9 Å². The van der Waals surface area contributed by atoms with E-state index in [1.54, 1.807) is 0 Å². The van der Waals surface area contributed by atoms with Crippen molar-refractivity contribution in [2.24, 2.45) is 11.8 Å². The minimum atomic E-state index is -0.169. The molecule has 2 aromatic rings. The van der Waals surface area contributed by atoms with E-state index in [2.05, 4.69) is 27.6 Å². The quantitative estimate of drug-likeness (QED) is 0.634. The van der Waals surface area contributed by atoms with Gasteiger partial charge in [-0.15, -0.1) is 0 Å². The van der Waals surface area contributed by atoms with Crippen molar-refractivity contribution < 1.29 is 10.0 Å². The summed E-state index contributed by atoms with van der Waals surface area (Å²) in [7, 11) is 0. The lowest BCUT2D eigenvalue weighted by Gasteiger charge is -2.29. The van der Waals surface area contributed by atoms with E-state index in [1.165, 1.54) is 25.7 Å². The van der Waals surface area contributed by atoms with Gasteiger partial charge in [0, 0.05) is 13.1 Å². The van der Waals surface area contributed by atoms with Gasteiger partial charge >= 0.3 is 0 Å². The monoisotopic (exact) mass is 382 g/mol. The van der Waals surface area contributed by atoms with Crippen LogP contribution >= 0.6 is 0 Å². The van der Waals surface area contributed by atoms with E-state index >= 15 is 0 Å². The zero-order valence-corrected chi connectivity index (χ0v) is 16.3. The summed E-state index contributed by atoms with van der Waals surface area (Å²) in [6, 6.07) is 10.1. The number of imidazole rings is 1. The smallest absolute Gasteiger partial charge is 0.227 e. The predicted molar refractivity (Wildman–Crippen MR) is 108 cm³/mol. The van der Waals surface area contributed by atoms with Crippen LogP contribution in [0.15, 0.2) is 36.5 Å². The molecule has 1 saturated heterocycles. The van der Waals surface area contributed by atoms with E-state index in [0.717, 1.165) is 42.9 Å². The molecule has 1 aliphatic carbocycles. The van der Waals surface area contributed by atoms with Crippen molar-refractivity contribution in [2.45, 2.75) is 51.0 Å². The molecule has 0 bridgehead atoms. The molecule has 1 aliphatic heterocycles. The minimum absolute atomic E-state index is 0.00488. The van der Waals surface area contributed by atoms with Gasteiger partial charge in [0.15, 0.2) is 0 Å². The molecule has 2 fully saturated rings. The Balaban J connectivity index is 1.49. The van der Waals surface area contributed by atoms with Gasteiger partial charge in [-0.2, -0.15) is 0 Å². The number of nitrogens with zero attached hydrogens (tertiary/aromatic N) is 2. The number of aromatic amines is 1. The maximum Gasteiger partial charge on any atom is 0.227 e. The van der Waals surface area contributed by atoms with Gasteiger partial charge in [-0.1, -0.05) is 56.0 Å². The van der Waals surface area contributed by atoms with Gasteiger partial charge in [0.1, 0.15) is 5.82 Å². The average Bonchev–Trinajstić information content (AvgIpc) is 3.48. The summed E-state index contributed by atoms with van der Waals surface area (Å²) >= 11 is 0. The third-order valence-electron chi connectivity index (χ3n) is 6.31. The van der Waals surface area contributed by atoms with Gasteiger partial charge in [-0.05, 0) is 30.7 Å². The number of likely N-dealkylation sites (tertiary alicyclic amines) is 1. The van der Waals surface area contributed by atoms with Crippen molar-refractivity contribution in [3.8, 4) is 11.3 Å². The second-order valence-corrected chi connectivity index (χ2v) is 8.18. The molecule has 28 heavy (non-hydrogen) atoms. The average molecular weight is 383 g/mol. The number of amides is 1. The van der Waals surface area contributed by atoms with Crippen LogP contribution in [0.5, 0.6) is 0 Å². The Morgan fingerprint density at radius 2 is 2.00 bits per heavy atom. The zero-order valence-electron chi connectivity index (χ0n) is 16.3. The molecule has 0 radical (unpaired) electrons. The van der Waals surface area contributed by atoms with E-state index in [1.807, 2.05) is 29.3 Å². The Hall–Kier alpha value is -2.18. The second kappa shape index (κ2) is 8.88. The first-order chi connectivity index (χ1) is 13.8.